The van der Waals surface area contributed by atoms with Crippen molar-refractivity contribution >= 4 is 17.5 Å². The summed E-state index contributed by atoms with van der Waals surface area (Å²) in [5.74, 6) is 1.02. The number of amides is 2. The van der Waals surface area contributed by atoms with E-state index in [-0.39, 0.29) is 24.6 Å². The molecule has 3 aromatic carbocycles. The molecule has 1 saturated carbocycles. The first-order chi connectivity index (χ1) is 18.1. The Hall–Kier alpha value is -4.00. The number of rotatable bonds is 8. The number of anilines is 1. The molecule has 7 heteroatoms. The van der Waals surface area contributed by atoms with E-state index in [1.807, 2.05) is 67.6 Å². The Labute approximate surface area is 217 Å². The number of hydrogen-bond acceptors (Lipinski definition) is 5. The van der Waals surface area contributed by atoms with Crippen LogP contribution in [0.15, 0.2) is 66.7 Å². The number of ether oxygens (including phenoxy) is 2. The highest BCUT2D eigenvalue weighted by Gasteiger charge is 2.28. The van der Waals surface area contributed by atoms with Gasteiger partial charge in [0.25, 0.3) is 5.91 Å². The van der Waals surface area contributed by atoms with Crippen molar-refractivity contribution in [3.63, 3.8) is 0 Å². The molecule has 2 amide bonds. The molecule has 1 atom stereocenters. The highest BCUT2D eigenvalue weighted by molar-refractivity contribution is 5.98. The molecule has 0 radical (unpaired) electrons. The van der Waals surface area contributed by atoms with Crippen LogP contribution in [0.3, 0.4) is 0 Å². The summed E-state index contributed by atoms with van der Waals surface area (Å²) < 4.78 is 10.8. The Balaban J connectivity index is 1.37. The first-order valence-electron chi connectivity index (χ1n) is 13.0. The smallest absolute Gasteiger partial charge is 0.251 e. The number of fused-ring (bicyclic) bond motifs is 1. The van der Waals surface area contributed by atoms with E-state index in [9.17, 15) is 9.59 Å². The molecule has 5 rings (SSSR count). The number of hydrogen-bond donors (Lipinski definition) is 3. The second kappa shape index (κ2) is 11.4. The van der Waals surface area contributed by atoms with Crippen molar-refractivity contribution in [3.05, 3.63) is 89.0 Å². The van der Waals surface area contributed by atoms with Gasteiger partial charge in [0.15, 0.2) is 11.5 Å². The second-order valence-electron chi connectivity index (χ2n) is 9.74. The molecule has 0 spiro atoms. The maximum Gasteiger partial charge on any atom is 0.251 e. The summed E-state index contributed by atoms with van der Waals surface area (Å²) in [6.07, 6.45) is 5.44. The van der Waals surface area contributed by atoms with Crippen molar-refractivity contribution in [3.8, 4) is 11.5 Å². The number of carbonyl (C=O) groups is 2. The van der Waals surface area contributed by atoms with E-state index in [0.29, 0.717) is 29.2 Å². The van der Waals surface area contributed by atoms with Crippen LogP contribution in [0.1, 0.15) is 65.2 Å². The first kappa shape index (κ1) is 24.7. The zero-order valence-corrected chi connectivity index (χ0v) is 21.1. The van der Waals surface area contributed by atoms with Crippen molar-refractivity contribution < 1.29 is 19.1 Å². The quantitative estimate of drug-likeness (QED) is 0.394. The summed E-state index contributed by atoms with van der Waals surface area (Å²) >= 11 is 0. The van der Waals surface area contributed by atoms with Gasteiger partial charge in [-0.05, 0) is 61.2 Å². The standard InChI is InChI=1S/C30H33N3O4/c1-20-11-14-23(15-12-20)32-28(30(35)33-22-7-3-2-4-8-22)24-9-5-6-10-25(24)29(34)31-18-21-13-16-26-27(17-21)37-19-36-26/h5-6,9-17,22,28,32H,2-4,7-8,18-19H2,1H3,(H,31,34)(H,33,35). The number of aryl methyl sites for hydroxylation is 1. The largest absolute Gasteiger partial charge is 0.454 e. The fourth-order valence-electron chi connectivity index (χ4n) is 4.92. The fraction of sp³-hybridized carbons (Fsp3) is 0.333. The molecule has 192 valence electrons. The molecule has 1 heterocycles. The van der Waals surface area contributed by atoms with Gasteiger partial charge < -0.3 is 25.4 Å². The Bertz CT molecular complexity index is 1250. The Morgan fingerprint density at radius 2 is 1.68 bits per heavy atom. The molecule has 37 heavy (non-hydrogen) atoms. The summed E-state index contributed by atoms with van der Waals surface area (Å²) in [6, 6.07) is 20.3. The van der Waals surface area contributed by atoms with E-state index >= 15 is 0 Å². The average molecular weight is 500 g/mol. The number of nitrogens with one attached hydrogen (secondary N) is 3. The van der Waals surface area contributed by atoms with Gasteiger partial charge in [0, 0.05) is 23.8 Å². The van der Waals surface area contributed by atoms with Crippen molar-refractivity contribution in [1.29, 1.82) is 0 Å². The summed E-state index contributed by atoms with van der Waals surface area (Å²) in [6.45, 7) is 2.56. The third-order valence-corrected chi connectivity index (χ3v) is 6.98. The fourth-order valence-corrected chi connectivity index (χ4v) is 4.92. The van der Waals surface area contributed by atoms with Gasteiger partial charge in [-0.3, -0.25) is 9.59 Å². The van der Waals surface area contributed by atoms with Crippen LogP contribution in [0.2, 0.25) is 0 Å². The van der Waals surface area contributed by atoms with Crippen molar-refractivity contribution in [2.24, 2.45) is 0 Å². The van der Waals surface area contributed by atoms with Gasteiger partial charge in [-0.1, -0.05) is 61.2 Å². The van der Waals surface area contributed by atoms with Crippen LogP contribution in [-0.2, 0) is 11.3 Å². The predicted molar refractivity (Wildman–Crippen MR) is 143 cm³/mol. The van der Waals surface area contributed by atoms with E-state index in [1.165, 1.54) is 6.42 Å². The molecular formula is C30H33N3O4. The van der Waals surface area contributed by atoms with Crippen LogP contribution in [-0.4, -0.2) is 24.6 Å². The Kier molecular flexibility index (Phi) is 7.59. The first-order valence-corrected chi connectivity index (χ1v) is 13.0. The lowest BCUT2D eigenvalue weighted by Crippen LogP contribution is -2.42. The molecule has 1 unspecified atom stereocenters. The molecule has 1 fully saturated rings. The minimum absolute atomic E-state index is 0.122. The minimum atomic E-state index is -0.711. The summed E-state index contributed by atoms with van der Waals surface area (Å²) in [4.78, 5) is 27.0. The van der Waals surface area contributed by atoms with Crippen LogP contribution in [0.25, 0.3) is 0 Å². The van der Waals surface area contributed by atoms with Crippen LogP contribution in [0.5, 0.6) is 11.5 Å². The van der Waals surface area contributed by atoms with Crippen LogP contribution in [0, 0.1) is 6.92 Å². The zero-order valence-electron chi connectivity index (χ0n) is 21.1. The molecule has 1 aliphatic heterocycles. The van der Waals surface area contributed by atoms with Crippen LogP contribution >= 0.6 is 0 Å². The van der Waals surface area contributed by atoms with E-state index < -0.39 is 6.04 Å². The van der Waals surface area contributed by atoms with Gasteiger partial charge in [-0.2, -0.15) is 0 Å². The maximum absolute atomic E-state index is 13.6. The van der Waals surface area contributed by atoms with Gasteiger partial charge >= 0.3 is 0 Å². The molecule has 1 aliphatic carbocycles. The molecule has 0 bridgehead atoms. The topological polar surface area (TPSA) is 88.7 Å². The van der Waals surface area contributed by atoms with Gasteiger partial charge in [-0.25, -0.2) is 0 Å². The predicted octanol–water partition coefficient (Wildman–Crippen LogP) is 5.26. The Morgan fingerprint density at radius 1 is 0.919 bits per heavy atom. The zero-order chi connectivity index (χ0) is 25.6. The van der Waals surface area contributed by atoms with Crippen LogP contribution in [0.4, 0.5) is 5.69 Å². The molecule has 2 aliphatic rings. The SMILES string of the molecule is Cc1ccc(NC(C(=O)NC2CCCCC2)c2ccccc2C(=O)NCc2ccc3c(c2)OCO3)cc1. The van der Waals surface area contributed by atoms with Gasteiger partial charge in [0.05, 0.1) is 0 Å². The van der Waals surface area contributed by atoms with Crippen LogP contribution < -0.4 is 25.4 Å². The summed E-state index contributed by atoms with van der Waals surface area (Å²) in [5, 5.41) is 9.62. The van der Waals surface area contributed by atoms with Gasteiger partial charge in [0.1, 0.15) is 6.04 Å². The second-order valence-corrected chi connectivity index (χ2v) is 9.74. The van der Waals surface area contributed by atoms with E-state index in [4.69, 9.17) is 9.47 Å². The highest BCUT2D eigenvalue weighted by Crippen LogP contribution is 2.32. The van der Waals surface area contributed by atoms with Crippen molar-refractivity contribution in [2.75, 3.05) is 12.1 Å². The molecular weight excluding hydrogens is 466 g/mol. The molecule has 3 N–H and O–H groups in total. The van der Waals surface area contributed by atoms with Gasteiger partial charge in [-0.15, -0.1) is 0 Å². The summed E-state index contributed by atoms with van der Waals surface area (Å²) in [7, 11) is 0. The van der Waals surface area contributed by atoms with Crippen molar-refractivity contribution in [1.82, 2.24) is 10.6 Å². The number of carbonyl (C=O) groups excluding carboxylic acids is 2. The number of benzene rings is 3. The lowest BCUT2D eigenvalue weighted by atomic mass is 9.94. The molecule has 0 saturated heterocycles. The molecule has 7 nitrogen and oxygen atoms in total. The normalized spacial score (nSPS) is 15.6. The highest BCUT2D eigenvalue weighted by atomic mass is 16.7. The van der Waals surface area contributed by atoms with E-state index in [0.717, 1.165) is 42.5 Å². The Morgan fingerprint density at radius 3 is 2.49 bits per heavy atom. The minimum Gasteiger partial charge on any atom is -0.454 e. The third kappa shape index (κ3) is 6.05. The van der Waals surface area contributed by atoms with Crippen molar-refractivity contribution in [2.45, 2.75) is 57.7 Å². The van der Waals surface area contributed by atoms with E-state index in [2.05, 4.69) is 16.0 Å². The lowest BCUT2D eigenvalue weighted by molar-refractivity contribution is -0.122. The van der Waals surface area contributed by atoms with Gasteiger partial charge in [0.2, 0.25) is 12.7 Å². The van der Waals surface area contributed by atoms with E-state index in [1.54, 1.807) is 6.07 Å². The maximum atomic E-state index is 13.6. The lowest BCUT2D eigenvalue weighted by Gasteiger charge is -2.27. The third-order valence-electron chi connectivity index (χ3n) is 6.98. The average Bonchev–Trinajstić information content (AvgIpc) is 3.40. The molecule has 0 aromatic heterocycles. The molecule has 3 aromatic rings. The summed E-state index contributed by atoms with van der Waals surface area (Å²) in [5.41, 5.74) is 3.97. The monoisotopic (exact) mass is 499 g/mol.